The van der Waals surface area contributed by atoms with Crippen molar-refractivity contribution in [3.8, 4) is 11.5 Å². The molecule has 4 N–H and O–H groups in total. The zero-order chi connectivity index (χ0) is 52.7. The maximum absolute atomic E-state index is 13.5. The molecule has 2 rings (SSSR count). The van der Waals surface area contributed by atoms with E-state index in [9.17, 15) is 29.4 Å². The van der Waals surface area contributed by atoms with E-state index in [-0.39, 0.29) is 59.5 Å². The number of phenols is 2. The van der Waals surface area contributed by atoms with Crippen LogP contribution in [0.5, 0.6) is 11.5 Å². The van der Waals surface area contributed by atoms with Crippen molar-refractivity contribution in [3.63, 3.8) is 0 Å². The van der Waals surface area contributed by atoms with Crippen molar-refractivity contribution in [3.05, 3.63) is 57.6 Å². The van der Waals surface area contributed by atoms with Crippen LogP contribution in [-0.4, -0.2) is 59.3 Å². The zero-order valence-electron chi connectivity index (χ0n) is 46.8. The highest BCUT2D eigenvalue weighted by atomic mass is 16.5. The molecule has 0 radical (unpaired) electrons. The minimum absolute atomic E-state index is 0.00215. The van der Waals surface area contributed by atoms with E-state index in [1.54, 1.807) is 0 Å². The Morgan fingerprint density at radius 3 is 0.957 bits per heavy atom. The van der Waals surface area contributed by atoms with Crippen LogP contribution in [0.1, 0.15) is 259 Å². The van der Waals surface area contributed by atoms with Gasteiger partial charge in [0.1, 0.15) is 23.7 Å². The molecule has 398 valence electrons. The molecule has 0 spiro atoms. The SMILES string of the molecule is CCCCCCCCCCC(CNC(=O)C(=O)NCC(CCCCCCCCCC)OC(=O)CCc1cc(C(C)(C)C)c(O)c(C(C)(C)C)c1)OC(=O)CCc1cc(C(C)(C)C)c(O)c(C(C)(C)C)c1. The molecule has 10 heteroatoms. The van der Waals surface area contributed by atoms with Crippen molar-refractivity contribution >= 4 is 23.8 Å². The van der Waals surface area contributed by atoms with Crippen molar-refractivity contribution in [1.29, 1.82) is 0 Å². The molecular formula is C60H100N2O8. The lowest BCUT2D eigenvalue weighted by molar-refractivity contribution is -0.151. The quantitative estimate of drug-likeness (QED) is 0.0343. The van der Waals surface area contributed by atoms with E-state index in [0.717, 1.165) is 84.7 Å². The van der Waals surface area contributed by atoms with E-state index in [4.69, 9.17) is 9.47 Å². The number of phenolic OH excluding ortho intramolecular Hbond substituents is 2. The number of hydrogen-bond acceptors (Lipinski definition) is 8. The Kier molecular flexibility index (Phi) is 26.7. The summed E-state index contributed by atoms with van der Waals surface area (Å²) in [6, 6.07) is 7.94. The average molecular weight is 977 g/mol. The number of benzene rings is 2. The number of carbonyl (C=O) groups excluding carboxylic acids is 4. The molecule has 2 atom stereocenters. The minimum Gasteiger partial charge on any atom is -0.507 e. The molecule has 2 unspecified atom stereocenters. The van der Waals surface area contributed by atoms with E-state index in [0.29, 0.717) is 37.2 Å². The first-order valence-corrected chi connectivity index (χ1v) is 27.4. The van der Waals surface area contributed by atoms with Gasteiger partial charge in [0.15, 0.2) is 0 Å². The first-order valence-electron chi connectivity index (χ1n) is 27.4. The zero-order valence-corrected chi connectivity index (χ0v) is 46.8. The van der Waals surface area contributed by atoms with Crippen LogP contribution in [0.3, 0.4) is 0 Å². The second-order valence-electron chi connectivity index (χ2n) is 24.2. The van der Waals surface area contributed by atoms with Gasteiger partial charge in [-0.2, -0.15) is 0 Å². The number of aromatic hydroxyl groups is 2. The number of amides is 2. The third kappa shape index (κ3) is 23.4. The van der Waals surface area contributed by atoms with Gasteiger partial charge in [0.25, 0.3) is 0 Å². The fourth-order valence-electron chi connectivity index (χ4n) is 8.94. The lowest BCUT2D eigenvalue weighted by atomic mass is 9.78. The maximum atomic E-state index is 13.5. The molecule has 0 saturated carbocycles. The van der Waals surface area contributed by atoms with Crippen molar-refractivity contribution in [2.45, 2.75) is 272 Å². The smallest absolute Gasteiger partial charge is 0.309 e. The molecule has 0 saturated heterocycles. The molecule has 2 aromatic carbocycles. The van der Waals surface area contributed by atoms with Gasteiger partial charge in [0, 0.05) is 12.8 Å². The summed E-state index contributed by atoms with van der Waals surface area (Å²) in [5, 5.41) is 27.9. The van der Waals surface area contributed by atoms with Gasteiger partial charge in [-0.1, -0.05) is 211 Å². The Morgan fingerprint density at radius 2 is 0.700 bits per heavy atom. The van der Waals surface area contributed by atoms with Gasteiger partial charge in [0.05, 0.1) is 13.1 Å². The van der Waals surface area contributed by atoms with Gasteiger partial charge in [-0.25, -0.2) is 0 Å². The minimum atomic E-state index is -0.834. The van der Waals surface area contributed by atoms with Crippen LogP contribution in [0.15, 0.2) is 24.3 Å². The second-order valence-corrected chi connectivity index (χ2v) is 24.2. The van der Waals surface area contributed by atoms with Crippen LogP contribution in [0.2, 0.25) is 0 Å². The van der Waals surface area contributed by atoms with Gasteiger partial charge in [-0.05, 0) is 93.6 Å². The van der Waals surface area contributed by atoms with Gasteiger partial charge >= 0.3 is 23.8 Å². The third-order valence-electron chi connectivity index (χ3n) is 13.3. The predicted octanol–water partition coefficient (Wildman–Crippen LogP) is 14.0. The van der Waals surface area contributed by atoms with Crippen LogP contribution in [0.25, 0.3) is 0 Å². The summed E-state index contributed by atoms with van der Waals surface area (Å²) in [7, 11) is 0. The van der Waals surface area contributed by atoms with E-state index >= 15 is 0 Å². The third-order valence-corrected chi connectivity index (χ3v) is 13.3. The summed E-state index contributed by atoms with van der Waals surface area (Å²) in [4.78, 5) is 53.5. The lowest BCUT2D eigenvalue weighted by Gasteiger charge is -2.28. The molecule has 70 heavy (non-hydrogen) atoms. The van der Waals surface area contributed by atoms with Crippen LogP contribution < -0.4 is 10.6 Å². The van der Waals surface area contributed by atoms with Gasteiger partial charge in [-0.3, -0.25) is 19.2 Å². The summed E-state index contributed by atoms with van der Waals surface area (Å²) < 4.78 is 12.0. The molecule has 0 fully saturated rings. The van der Waals surface area contributed by atoms with Crippen molar-refractivity contribution in [2.75, 3.05) is 13.1 Å². The molecule has 0 heterocycles. The molecule has 0 aromatic heterocycles. The monoisotopic (exact) mass is 977 g/mol. The molecule has 0 aliphatic carbocycles. The van der Waals surface area contributed by atoms with E-state index in [1.807, 2.05) is 24.3 Å². The Morgan fingerprint density at radius 1 is 0.443 bits per heavy atom. The summed E-state index contributed by atoms with van der Waals surface area (Å²) >= 11 is 0. The molecule has 0 aliphatic heterocycles. The van der Waals surface area contributed by atoms with Crippen LogP contribution in [0.4, 0.5) is 0 Å². The van der Waals surface area contributed by atoms with E-state index in [2.05, 4.69) is 108 Å². The Hall–Kier alpha value is -4.08. The summed E-state index contributed by atoms with van der Waals surface area (Å²) in [5.41, 5.74) is 4.05. The second kappa shape index (κ2) is 30.1. The van der Waals surface area contributed by atoms with Gasteiger partial charge < -0.3 is 30.3 Å². The molecule has 0 bridgehead atoms. The molecule has 2 amide bonds. The average Bonchev–Trinajstić information content (AvgIpc) is 3.26. The fraction of sp³-hybridized carbons (Fsp3) is 0.733. The summed E-state index contributed by atoms with van der Waals surface area (Å²) in [6.45, 7) is 29.2. The van der Waals surface area contributed by atoms with Crippen LogP contribution in [0, 0.1) is 0 Å². The molecular weight excluding hydrogens is 877 g/mol. The predicted molar refractivity (Wildman–Crippen MR) is 288 cm³/mol. The molecule has 0 aliphatic rings. The lowest BCUT2D eigenvalue weighted by Crippen LogP contribution is -2.45. The Balaban J connectivity index is 2.15. The van der Waals surface area contributed by atoms with E-state index < -0.39 is 24.0 Å². The number of rotatable bonds is 30. The van der Waals surface area contributed by atoms with Gasteiger partial charge in [-0.15, -0.1) is 0 Å². The Bertz CT molecular complexity index is 1700. The highest BCUT2D eigenvalue weighted by molar-refractivity contribution is 6.35. The van der Waals surface area contributed by atoms with Crippen molar-refractivity contribution in [1.82, 2.24) is 10.6 Å². The number of aryl methyl sites for hydroxylation is 2. The maximum Gasteiger partial charge on any atom is 0.309 e. The number of nitrogens with one attached hydrogen (secondary N) is 2. The van der Waals surface area contributed by atoms with Crippen LogP contribution in [-0.2, 0) is 63.2 Å². The summed E-state index contributed by atoms with van der Waals surface area (Å²) in [6.07, 6.45) is 18.9. The number of unbranched alkanes of at least 4 members (excludes halogenated alkanes) is 14. The number of esters is 2. The highest BCUT2D eigenvalue weighted by Gasteiger charge is 2.29. The largest absolute Gasteiger partial charge is 0.507 e. The Labute approximate surface area is 426 Å². The normalized spacial score (nSPS) is 13.2. The molecule has 10 nitrogen and oxygen atoms in total. The summed E-state index contributed by atoms with van der Waals surface area (Å²) in [5.74, 6) is -1.85. The topological polar surface area (TPSA) is 151 Å². The van der Waals surface area contributed by atoms with Crippen molar-refractivity contribution < 1.29 is 38.9 Å². The molecule has 2 aromatic rings. The number of carbonyl (C=O) groups is 4. The van der Waals surface area contributed by atoms with Crippen molar-refractivity contribution in [2.24, 2.45) is 0 Å². The first kappa shape index (κ1) is 62.0. The van der Waals surface area contributed by atoms with E-state index in [1.165, 1.54) is 51.4 Å². The number of hydrogen-bond donors (Lipinski definition) is 4. The first-order chi connectivity index (χ1) is 32.7. The number of ether oxygens (including phenoxy) is 2. The highest BCUT2D eigenvalue weighted by Crippen LogP contribution is 2.41. The standard InChI is InChI=1S/C60H100N2O8/c1-15-17-19-21-23-25-27-29-31-45(69-51(63)35-33-43-37-47(57(3,4)5)53(65)48(38-43)58(6,7)8)41-61-55(67)56(68)62-42-46(32-30-28-26-24-22-20-18-16-2)70-52(64)36-34-44-39-49(59(9,10)11)54(66)50(40-44)60(12,13)14/h37-40,45-46,65-66H,15-36,41-42H2,1-14H3,(H,61,67)(H,62,68). The van der Waals surface area contributed by atoms with Gasteiger partial charge in [0.2, 0.25) is 0 Å². The van der Waals surface area contributed by atoms with Crippen LogP contribution >= 0.6 is 0 Å². The fourth-order valence-corrected chi connectivity index (χ4v) is 8.94.